The Morgan fingerprint density at radius 3 is 2.73 bits per heavy atom. The lowest BCUT2D eigenvalue weighted by molar-refractivity contribution is 0.102. The summed E-state index contributed by atoms with van der Waals surface area (Å²) < 4.78 is 11.5. The zero-order valence-corrected chi connectivity index (χ0v) is 19.0. The monoisotopic (exact) mass is 448 g/mol. The van der Waals surface area contributed by atoms with Crippen LogP contribution in [-0.2, 0) is 0 Å². The summed E-state index contributed by atoms with van der Waals surface area (Å²) in [6.45, 7) is 6.79. The topological polar surface area (TPSA) is 96.8 Å². The summed E-state index contributed by atoms with van der Waals surface area (Å²) in [4.78, 5) is 23.8. The number of amides is 1. The van der Waals surface area contributed by atoms with Crippen LogP contribution in [0.4, 0.5) is 17.2 Å². The molecule has 0 bridgehead atoms. The van der Waals surface area contributed by atoms with Crippen molar-refractivity contribution < 1.29 is 19.4 Å². The van der Waals surface area contributed by atoms with Crippen LogP contribution in [0.3, 0.4) is 0 Å². The standard InChI is InChI=1S/C25H28N4O4/c1-16(2)14-32-23-10-8-18(12-27-23)28-25(31)20-5-4-6-21-24(20)33-15-19(13-30)29(21)22-9-7-17(3)11-26-22/h4-12,16,19,30H,13-15H2,1-3H3,(H,28,31)/t19-/m0/s1. The lowest BCUT2D eigenvalue weighted by Gasteiger charge is -2.37. The van der Waals surface area contributed by atoms with E-state index < -0.39 is 0 Å². The fraction of sp³-hybridized carbons (Fsp3) is 0.320. The Labute approximate surface area is 193 Å². The fourth-order valence-corrected chi connectivity index (χ4v) is 3.53. The van der Waals surface area contributed by atoms with E-state index in [9.17, 15) is 9.90 Å². The quantitative estimate of drug-likeness (QED) is 0.565. The first kappa shape index (κ1) is 22.5. The van der Waals surface area contributed by atoms with E-state index in [1.54, 1.807) is 36.7 Å². The molecule has 0 saturated heterocycles. The van der Waals surface area contributed by atoms with Crippen LogP contribution in [0.5, 0.6) is 11.6 Å². The van der Waals surface area contributed by atoms with E-state index in [0.29, 0.717) is 46.9 Å². The SMILES string of the molecule is Cc1ccc(N2c3cccc(C(=O)Nc4ccc(OCC(C)C)nc4)c3OC[C@@H]2CO)nc1. The number of nitrogens with one attached hydrogen (secondary N) is 1. The second kappa shape index (κ2) is 9.87. The minimum absolute atomic E-state index is 0.109. The fourth-order valence-electron chi connectivity index (χ4n) is 3.53. The third kappa shape index (κ3) is 5.06. The van der Waals surface area contributed by atoms with Crippen LogP contribution in [0.2, 0.25) is 0 Å². The molecule has 0 radical (unpaired) electrons. The number of carbonyl (C=O) groups excluding carboxylic acids is 1. The zero-order chi connectivity index (χ0) is 23.4. The molecule has 4 rings (SSSR count). The molecule has 1 aliphatic rings. The molecule has 0 unspecified atom stereocenters. The molecule has 0 saturated carbocycles. The van der Waals surface area contributed by atoms with Gasteiger partial charge in [0.05, 0.1) is 42.4 Å². The highest BCUT2D eigenvalue weighted by molar-refractivity contribution is 6.07. The van der Waals surface area contributed by atoms with E-state index in [0.717, 1.165) is 5.56 Å². The van der Waals surface area contributed by atoms with E-state index in [1.807, 2.05) is 30.0 Å². The Hall–Kier alpha value is -3.65. The van der Waals surface area contributed by atoms with Crippen molar-refractivity contribution in [2.24, 2.45) is 5.92 Å². The molecule has 1 aliphatic heterocycles. The summed E-state index contributed by atoms with van der Waals surface area (Å²) in [5.41, 5.74) is 2.66. The minimum atomic E-state index is -0.316. The lowest BCUT2D eigenvalue weighted by atomic mass is 10.1. The second-order valence-electron chi connectivity index (χ2n) is 8.41. The summed E-state index contributed by atoms with van der Waals surface area (Å²) >= 11 is 0. The number of aryl methyl sites for hydroxylation is 1. The predicted octanol–water partition coefficient (Wildman–Crippen LogP) is 3.96. The van der Waals surface area contributed by atoms with E-state index >= 15 is 0 Å². The van der Waals surface area contributed by atoms with Gasteiger partial charge in [0.2, 0.25) is 5.88 Å². The zero-order valence-electron chi connectivity index (χ0n) is 19.0. The Kier molecular flexibility index (Phi) is 6.74. The molecule has 1 amide bonds. The number of rotatable bonds is 7. The lowest BCUT2D eigenvalue weighted by Crippen LogP contribution is -2.43. The molecule has 8 heteroatoms. The van der Waals surface area contributed by atoms with Gasteiger partial charge in [-0.25, -0.2) is 9.97 Å². The highest BCUT2D eigenvalue weighted by Crippen LogP contribution is 2.40. The number of benzene rings is 1. The van der Waals surface area contributed by atoms with Gasteiger partial charge in [0, 0.05) is 12.3 Å². The average Bonchev–Trinajstić information content (AvgIpc) is 2.83. The summed E-state index contributed by atoms with van der Waals surface area (Å²) in [6.07, 6.45) is 3.34. The first-order chi connectivity index (χ1) is 16.0. The van der Waals surface area contributed by atoms with Gasteiger partial charge in [0.25, 0.3) is 5.91 Å². The number of aliphatic hydroxyl groups is 1. The summed E-state index contributed by atoms with van der Waals surface area (Å²) in [7, 11) is 0. The normalized spacial score (nSPS) is 15.1. The molecular weight excluding hydrogens is 420 g/mol. The van der Waals surface area contributed by atoms with Gasteiger partial charge in [0.1, 0.15) is 12.4 Å². The first-order valence-corrected chi connectivity index (χ1v) is 10.9. The average molecular weight is 449 g/mol. The van der Waals surface area contributed by atoms with E-state index in [4.69, 9.17) is 9.47 Å². The van der Waals surface area contributed by atoms with E-state index in [2.05, 4.69) is 29.1 Å². The van der Waals surface area contributed by atoms with Gasteiger partial charge < -0.3 is 24.8 Å². The van der Waals surface area contributed by atoms with Crippen molar-refractivity contribution in [2.45, 2.75) is 26.8 Å². The van der Waals surface area contributed by atoms with Crippen LogP contribution in [0.15, 0.2) is 54.9 Å². The van der Waals surface area contributed by atoms with Gasteiger partial charge >= 0.3 is 0 Å². The predicted molar refractivity (Wildman–Crippen MR) is 126 cm³/mol. The van der Waals surface area contributed by atoms with Crippen molar-refractivity contribution >= 4 is 23.1 Å². The number of aromatic nitrogens is 2. The number of pyridine rings is 2. The van der Waals surface area contributed by atoms with Gasteiger partial charge in [-0.05, 0) is 42.7 Å². The van der Waals surface area contributed by atoms with Crippen LogP contribution >= 0.6 is 0 Å². The maximum absolute atomic E-state index is 13.1. The van der Waals surface area contributed by atoms with Gasteiger partial charge in [-0.1, -0.05) is 26.0 Å². The molecule has 1 atom stereocenters. The molecule has 2 N–H and O–H groups in total. The number of carbonyl (C=O) groups is 1. The molecule has 2 aromatic heterocycles. The Morgan fingerprint density at radius 2 is 2.06 bits per heavy atom. The van der Waals surface area contributed by atoms with Crippen LogP contribution in [-0.4, -0.2) is 46.8 Å². The van der Waals surface area contributed by atoms with E-state index in [-0.39, 0.29) is 25.2 Å². The Morgan fingerprint density at radius 1 is 1.21 bits per heavy atom. The number of aliphatic hydroxyl groups excluding tert-OH is 1. The Bertz CT molecular complexity index is 1100. The smallest absolute Gasteiger partial charge is 0.259 e. The molecule has 172 valence electrons. The second-order valence-corrected chi connectivity index (χ2v) is 8.41. The van der Waals surface area contributed by atoms with Crippen molar-refractivity contribution in [3.63, 3.8) is 0 Å². The number of nitrogens with zero attached hydrogens (tertiary/aromatic N) is 3. The number of anilines is 3. The molecule has 0 spiro atoms. The number of ether oxygens (including phenoxy) is 2. The molecule has 8 nitrogen and oxygen atoms in total. The van der Waals surface area contributed by atoms with Crippen LogP contribution < -0.4 is 19.7 Å². The third-order valence-electron chi connectivity index (χ3n) is 5.20. The van der Waals surface area contributed by atoms with Crippen molar-refractivity contribution in [3.8, 4) is 11.6 Å². The summed E-state index contributed by atoms with van der Waals surface area (Å²) in [5.74, 6) is 1.73. The molecule has 0 fully saturated rings. The molecule has 3 aromatic rings. The molecule has 3 heterocycles. The molecule has 0 aliphatic carbocycles. The number of hydrogen-bond acceptors (Lipinski definition) is 7. The van der Waals surface area contributed by atoms with Crippen molar-refractivity contribution in [3.05, 3.63) is 66.0 Å². The molecule has 33 heavy (non-hydrogen) atoms. The maximum atomic E-state index is 13.1. The highest BCUT2D eigenvalue weighted by atomic mass is 16.5. The van der Waals surface area contributed by atoms with Crippen molar-refractivity contribution in [1.29, 1.82) is 0 Å². The van der Waals surface area contributed by atoms with Gasteiger partial charge in [-0.15, -0.1) is 0 Å². The number of para-hydroxylation sites is 1. The first-order valence-electron chi connectivity index (χ1n) is 10.9. The van der Waals surface area contributed by atoms with Crippen molar-refractivity contribution in [1.82, 2.24) is 9.97 Å². The molecular formula is C25H28N4O4. The third-order valence-corrected chi connectivity index (χ3v) is 5.20. The van der Waals surface area contributed by atoms with Gasteiger partial charge in [-0.3, -0.25) is 4.79 Å². The minimum Gasteiger partial charge on any atom is -0.488 e. The van der Waals surface area contributed by atoms with Crippen LogP contribution in [0.25, 0.3) is 0 Å². The molecule has 1 aromatic carbocycles. The van der Waals surface area contributed by atoms with Gasteiger partial charge in [0.15, 0.2) is 5.75 Å². The van der Waals surface area contributed by atoms with Gasteiger partial charge in [-0.2, -0.15) is 0 Å². The summed E-state index contributed by atoms with van der Waals surface area (Å²) in [6, 6.07) is 12.4. The largest absolute Gasteiger partial charge is 0.488 e. The van der Waals surface area contributed by atoms with Crippen molar-refractivity contribution in [2.75, 3.05) is 30.0 Å². The maximum Gasteiger partial charge on any atom is 0.259 e. The van der Waals surface area contributed by atoms with Crippen LogP contribution in [0.1, 0.15) is 29.8 Å². The number of fused-ring (bicyclic) bond motifs is 1. The number of hydrogen-bond donors (Lipinski definition) is 2. The van der Waals surface area contributed by atoms with Crippen LogP contribution in [0, 0.1) is 12.8 Å². The summed E-state index contributed by atoms with van der Waals surface area (Å²) in [5, 5.41) is 12.8. The highest BCUT2D eigenvalue weighted by Gasteiger charge is 2.32. The van der Waals surface area contributed by atoms with E-state index in [1.165, 1.54) is 0 Å². The Balaban J connectivity index is 1.58.